The Balaban J connectivity index is 0.000000770. The Kier molecular flexibility index (Phi) is 37.5. The van der Waals surface area contributed by atoms with Gasteiger partial charge < -0.3 is 73.0 Å². The molecule has 2 rings (SSSR count). The molecule has 1 aromatic carbocycles. The molecular formula is C50H93N2O18P4-3. The molecule has 0 aromatic heterocycles. The fourth-order valence-corrected chi connectivity index (χ4v) is 13.3. The fourth-order valence-electron chi connectivity index (χ4n) is 8.22. The molecule has 0 fully saturated rings. The van der Waals surface area contributed by atoms with Crippen LogP contribution >= 0.6 is 30.4 Å². The van der Waals surface area contributed by atoms with Gasteiger partial charge in [0.15, 0.2) is 12.7 Å². The number of ether oxygens (including phenoxy) is 2. The van der Waals surface area contributed by atoms with Gasteiger partial charge >= 0.3 is 15.2 Å². The van der Waals surface area contributed by atoms with Gasteiger partial charge in [-0.3, -0.25) is 23.6 Å². The average molecular weight is 1130 g/mol. The zero-order valence-corrected chi connectivity index (χ0v) is 48.1. The van der Waals surface area contributed by atoms with Crippen LogP contribution in [0.2, 0.25) is 0 Å². The number of β-amino-alcohol motifs (C(OH)–C–C–N with tert-alkyl or cyclic N) is 1. The van der Waals surface area contributed by atoms with Gasteiger partial charge in [0.05, 0.1) is 30.9 Å². The van der Waals surface area contributed by atoms with E-state index in [0.717, 1.165) is 32.1 Å². The molecule has 0 saturated heterocycles. The van der Waals surface area contributed by atoms with E-state index in [0.29, 0.717) is 18.1 Å². The number of carbonyl (C=O) groups excluding carboxylic acids is 2. The van der Waals surface area contributed by atoms with E-state index in [4.69, 9.17) is 19.7 Å². The van der Waals surface area contributed by atoms with Crippen molar-refractivity contribution in [3.63, 3.8) is 0 Å². The smallest absolute Gasteiger partial charge is 0.373 e. The first-order valence-electron chi connectivity index (χ1n) is 27.3. The number of amides is 2. The Bertz CT molecular complexity index is 1840. The van der Waals surface area contributed by atoms with Crippen molar-refractivity contribution in [3.05, 3.63) is 35.4 Å². The number of carbonyl (C=O) groups is 2. The van der Waals surface area contributed by atoms with E-state index in [1.807, 2.05) is 0 Å². The Morgan fingerprint density at radius 1 is 0.486 bits per heavy atom. The van der Waals surface area contributed by atoms with E-state index in [1.54, 1.807) is 0 Å². The fraction of sp³-hybridized carbons (Fsp3) is 0.840. The minimum atomic E-state index is -5.91. The lowest BCUT2D eigenvalue weighted by molar-refractivity contribution is -0.328. The van der Waals surface area contributed by atoms with Crippen LogP contribution in [0.25, 0.3) is 0 Å². The molecule has 0 bridgehead atoms. The molecule has 1 aliphatic rings. The molecule has 434 valence electrons. The van der Waals surface area contributed by atoms with Crippen LogP contribution in [-0.4, -0.2) is 105 Å². The number of imide groups is 1. The zero-order chi connectivity index (χ0) is 55.4. The van der Waals surface area contributed by atoms with Crippen LogP contribution in [0, 0.1) is 0 Å². The third kappa shape index (κ3) is 26.6. The lowest BCUT2D eigenvalue weighted by Crippen LogP contribution is -2.48. The number of hydrogen-bond donors (Lipinski definition) is 6. The maximum absolute atomic E-state index is 12.8. The predicted octanol–water partition coefficient (Wildman–Crippen LogP) is 9.16. The lowest BCUT2D eigenvalue weighted by Gasteiger charge is -2.50. The molecule has 0 saturated carbocycles. The molecule has 0 radical (unpaired) electrons. The van der Waals surface area contributed by atoms with Crippen molar-refractivity contribution in [2.75, 3.05) is 52.7 Å². The molecule has 1 heterocycles. The maximum atomic E-state index is 12.8. The van der Waals surface area contributed by atoms with Gasteiger partial charge in [-0.2, -0.15) is 0 Å². The molecule has 4 unspecified atom stereocenters. The predicted molar refractivity (Wildman–Crippen MR) is 281 cm³/mol. The molecule has 4 atom stereocenters. The van der Waals surface area contributed by atoms with Gasteiger partial charge in [-0.25, -0.2) is 0 Å². The van der Waals surface area contributed by atoms with Crippen molar-refractivity contribution in [1.82, 2.24) is 4.90 Å². The van der Waals surface area contributed by atoms with E-state index in [2.05, 4.69) is 18.4 Å². The van der Waals surface area contributed by atoms with Gasteiger partial charge in [-0.1, -0.05) is 193 Å². The SMILES string of the molecule is CCCCCCCCCCCCCCCCOCCCOP(=O)(O)C(O)(CN1C(=O)c2ccccc2C1=O)P(=O)(O)O.CCCCCCCCCCCCCCCCOCCCOP(=O)([O-])C(O)(CN)P(=O)([O-])[O-]. The molecule has 74 heavy (non-hydrogen) atoms. The summed E-state index contributed by atoms with van der Waals surface area (Å²) in [5.41, 5.74) is 4.87. The third-order valence-corrected chi connectivity index (χ3v) is 21.3. The highest BCUT2D eigenvalue weighted by atomic mass is 31.2. The van der Waals surface area contributed by atoms with Gasteiger partial charge in [0.2, 0.25) is 0 Å². The lowest BCUT2D eigenvalue weighted by atomic mass is 10.0. The Hall–Kier alpha value is -1.24. The van der Waals surface area contributed by atoms with Gasteiger partial charge in [-0.05, 0) is 45.4 Å². The molecule has 7 N–H and O–H groups in total. The second-order valence-electron chi connectivity index (χ2n) is 19.3. The van der Waals surface area contributed by atoms with Gasteiger partial charge in [-0.15, -0.1) is 0 Å². The molecule has 20 nitrogen and oxygen atoms in total. The van der Waals surface area contributed by atoms with E-state index < -0.39 is 78.7 Å². The van der Waals surface area contributed by atoms with Gasteiger partial charge in [0.25, 0.3) is 16.9 Å². The third-order valence-electron chi connectivity index (χ3n) is 13.0. The number of fused-ring (bicyclic) bond motifs is 1. The number of unbranched alkanes of at least 4 members (excludes halogenated alkanes) is 26. The zero-order valence-electron chi connectivity index (χ0n) is 44.5. The molecule has 0 aliphatic carbocycles. The summed E-state index contributed by atoms with van der Waals surface area (Å²) < 4.78 is 68.0. The number of aliphatic hydroxyl groups is 2. The summed E-state index contributed by atoms with van der Waals surface area (Å²) in [6.45, 7) is 2.43. The normalized spacial score (nSPS) is 16.3. The van der Waals surface area contributed by atoms with Crippen LogP contribution in [0.4, 0.5) is 0 Å². The van der Waals surface area contributed by atoms with Gasteiger partial charge in [0.1, 0.15) is 0 Å². The summed E-state index contributed by atoms with van der Waals surface area (Å²) in [4.78, 5) is 89.2. The van der Waals surface area contributed by atoms with Gasteiger partial charge in [0, 0.05) is 33.0 Å². The van der Waals surface area contributed by atoms with Crippen molar-refractivity contribution in [1.29, 1.82) is 0 Å². The van der Waals surface area contributed by atoms with Crippen molar-refractivity contribution in [2.45, 2.75) is 217 Å². The van der Waals surface area contributed by atoms with E-state index in [-0.39, 0.29) is 37.2 Å². The topological polar surface area (TPSA) is 339 Å². The van der Waals surface area contributed by atoms with Crippen molar-refractivity contribution in [3.8, 4) is 0 Å². The highest BCUT2D eigenvalue weighted by Gasteiger charge is 2.63. The first-order valence-corrected chi connectivity index (χ1v) is 33.6. The van der Waals surface area contributed by atoms with E-state index >= 15 is 0 Å². The quantitative estimate of drug-likeness (QED) is 0.0201. The van der Waals surface area contributed by atoms with E-state index in [1.165, 1.54) is 172 Å². The monoisotopic (exact) mass is 1130 g/mol. The Morgan fingerprint density at radius 2 is 0.797 bits per heavy atom. The minimum Gasteiger partial charge on any atom is -0.808 e. The number of rotatable bonds is 47. The molecule has 0 spiro atoms. The summed E-state index contributed by atoms with van der Waals surface area (Å²) in [5, 5.41) is 13.0. The standard InChI is InChI=1S/C29H49NO10P2.C21H47NO8P2/c1-2-3-4-5-6-7-8-9-10-11-12-13-14-17-21-39-22-18-23-40-42(37,38)29(33,41(34,35)36)24-30-27(31)25-19-15-16-20-26(25)28(30)32;1-2-3-4-5-6-7-8-9-10-11-12-13-14-15-17-29-18-16-19-30-32(27,28)21(23,20-22)31(24,25)26/h15-16,19-20,33H,2-14,17-18,21-24H2,1H3,(H,37,38)(H2,34,35,36);23H,2-20,22H2,1H3,(H,27,28)(H2,24,25,26)/p-3. The first kappa shape index (κ1) is 70.8. The van der Waals surface area contributed by atoms with Crippen molar-refractivity contribution in [2.24, 2.45) is 5.73 Å². The number of nitrogens with zero attached hydrogens (tertiary/aromatic N) is 1. The van der Waals surface area contributed by atoms with Crippen LogP contribution in [-0.2, 0) is 36.8 Å². The van der Waals surface area contributed by atoms with Crippen molar-refractivity contribution < 1.29 is 85.9 Å². The number of benzene rings is 1. The number of hydrogen-bond acceptors (Lipinski definition) is 16. The number of nitrogens with two attached hydrogens (primary N) is 1. The summed E-state index contributed by atoms with van der Waals surface area (Å²) >= 11 is 0. The maximum Gasteiger partial charge on any atom is 0.373 e. The summed E-state index contributed by atoms with van der Waals surface area (Å²) in [5.74, 6) is -1.89. The van der Waals surface area contributed by atoms with E-state index in [9.17, 15) is 67.4 Å². The molecule has 1 aromatic rings. The Morgan fingerprint density at radius 3 is 1.11 bits per heavy atom. The summed E-state index contributed by atoms with van der Waals surface area (Å²) in [7, 11) is -22.5. The summed E-state index contributed by atoms with van der Waals surface area (Å²) in [6, 6.07) is 5.65. The summed E-state index contributed by atoms with van der Waals surface area (Å²) in [6.07, 6.45) is 35.7. The van der Waals surface area contributed by atoms with Crippen LogP contribution in [0.3, 0.4) is 0 Å². The Labute approximate surface area is 442 Å². The second-order valence-corrected chi connectivity index (χ2v) is 27.6. The van der Waals surface area contributed by atoms with Crippen LogP contribution in [0.15, 0.2) is 24.3 Å². The van der Waals surface area contributed by atoms with Crippen LogP contribution < -0.4 is 20.4 Å². The largest absolute Gasteiger partial charge is 0.808 e. The second kappa shape index (κ2) is 39.2. The van der Waals surface area contributed by atoms with Crippen LogP contribution in [0.1, 0.15) is 227 Å². The van der Waals surface area contributed by atoms with Crippen molar-refractivity contribution >= 4 is 42.2 Å². The minimum absolute atomic E-state index is 0.0415. The van der Waals surface area contributed by atoms with Crippen LogP contribution in [0.5, 0.6) is 0 Å². The molecule has 2 amide bonds. The first-order chi connectivity index (χ1) is 35.1. The molecule has 24 heteroatoms. The molecule has 1 aliphatic heterocycles. The highest BCUT2D eigenvalue weighted by Crippen LogP contribution is 2.70. The highest BCUT2D eigenvalue weighted by molar-refractivity contribution is 7.72. The average Bonchev–Trinajstić information content (AvgIpc) is 3.58. The molecular weight excluding hydrogens is 1040 g/mol.